The van der Waals surface area contributed by atoms with Gasteiger partial charge in [0.1, 0.15) is 17.5 Å². The first kappa shape index (κ1) is 94.4. The lowest BCUT2D eigenvalue weighted by Gasteiger charge is -2.30. The van der Waals surface area contributed by atoms with Crippen LogP contribution in [0.2, 0.25) is 0 Å². The molecule has 0 aliphatic carbocycles. The number of nitrogens with one attached hydrogen (secondary N) is 5. The maximum Gasteiger partial charge on any atom is 0.374 e. The number of amides is 7. The zero-order valence-corrected chi connectivity index (χ0v) is 72.2. The summed E-state index contributed by atoms with van der Waals surface area (Å²) in [7, 11) is 0. The van der Waals surface area contributed by atoms with E-state index in [0.717, 1.165) is 66.2 Å². The number of carboxylic acid groups (broad SMARTS) is 1. The maximum absolute atomic E-state index is 13.7. The van der Waals surface area contributed by atoms with Crippen molar-refractivity contribution in [2.45, 2.75) is 146 Å². The van der Waals surface area contributed by atoms with Crippen molar-refractivity contribution in [2.24, 2.45) is 5.73 Å². The molecule has 0 bridgehead atoms. The zero-order valence-electron chi connectivity index (χ0n) is 70.0. The third-order valence-electron chi connectivity index (χ3n) is 21.6. The van der Waals surface area contributed by atoms with Gasteiger partial charge in [-0.15, -0.1) is 0 Å². The quantitative estimate of drug-likeness (QED) is 0.0350. The molecule has 13 aromatic rings. The molecule has 0 radical (unpaired) electrons. The van der Waals surface area contributed by atoms with Gasteiger partial charge in [0.2, 0.25) is 23.6 Å². The molecule has 17 rings (SSSR count). The molecule has 3 aromatic heterocycles. The second-order valence-corrected chi connectivity index (χ2v) is 32.6. The number of alkyl halides is 8. The molecular weight excluding hydrogens is 1810 g/mol. The molecule has 35 heteroatoms. The predicted molar refractivity (Wildman–Crippen MR) is 470 cm³/mol. The number of benzene rings is 10. The number of carbonyl (C=O) groups excluding carboxylic acids is 7. The number of halogens is 12. The van der Waals surface area contributed by atoms with Gasteiger partial charge in [-0.05, 0) is 210 Å². The van der Waals surface area contributed by atoms with Gasteiger partial charge in [0.25, 0.3) is 17.7 Å². The fourth-order valence-electron chi connectivity index (χ4n) is 15.2. The molecule has 4 aliphatic heterocycles. The van der Waals surface area contributed by atoms with Gasteiger partial charge in [0.05, 0.1) is 94.5 Å². The highest BCUT2D eigenvalue weighted by Gasteiger charge is 2.48. The number of hydrogen-bond donors (Lipinski definition) is 7. The van der Waals surface area contributed by atoms with Gasteiger partial charge < -0.3 is 47.2 Å². The van der Waals surface area contributed by atoms with E-state index in [2.05, 4.69) is 70.5 Å². The average molecular weight is 1890 g/mol. The minimum atomic E-state index is -3.58. The van der Waals surface area contributed by atoms with E-state index in [1.807, 2.05) is 117 Å². The molecule has 8 N–H and O–H groups in total. The Morgan fingerprint density at radius 2 is 0.729 bits per heavy atom. The molecular formula is C94H86F11IN14O9. The van der Waals surface area contributed by atoms with Crippen LogP contribution in [0.1, 0.15) is 116 Å². The lowest BCUT2D eigenvalue weighted by Crippen LogP contribution is -2.46. The molecule has 0 saturated carbocycles. The summed E-state index contributed by atoms with van der Waals surface area (Å²) in [4.78, 5) is 97.0. The zero-order chi connectivity index (χ0) is 93.3. The third-order valence-corrected chi connectivity index (χ3v) is 22.2. The van der Waals surface area contributed by atoms with Gasteiger partial charge in [-0.1, -0.05) is 103 Å². The van der Waals surface area contributed by atoms with Gasteiger partial charge in [0.15, 0.2) is 0 Å². The molecule has 7 heterocycles. The number of aliphatic carboxylic acids is 1. The summed E-state index contributed by atoms with van der Waals surface area (Å²) in [6, 6.07) is 62.4. The molecule has 7 amide bonds. The van der Waals surface area contributed by atoms with E-state index < -0.39 is 83.6 Å². The van der Waals surface area contributed by atoms with Crippen molar-refractivity contribution in [1.29, 1.82) is 0 Å². The first-order valence-electron chi connectivity index (χ1n) is 40.3. The summed E-state index contributed by atoms with van der Waals surface area (Å²) in [6.45, 7) is 7.71. The number of nitrogens with zero attached hydrogens (tertiary/aromatic N) is 8. The molecule has 670 valence electrons. The lowest BCUT2D eigenvalue weighted by molar-refractivity contribution is -0.162. The molecule has 4 aliphatic rings. The molecule has 4 fully saturated rings. The van der Waals surface area contributed by atoms with Crippen LogP contribution >= 0.6 is 22.6 Å². The number of nitrogens with two attached hydrogens (primary N) is 1. The second kappa shape index (κ2) is 39.7. The Morgan fingerprint density at radius 3 is 1.11 bits per heavy atom. The standard InChI is InChI=1S/C27H23F3N4O2.C26H21F3N4O2.C14H16F2N2O2.C13H8FIN2.C11H14N2O.C3H4F2O2/c1-16-5-3-4-6-21(16)25-22(32-26(36)27(2,29)30)14-24(35)33(25)20-11-12-23-17(13-20)15-31-34(23)19-9-7-18(28)8-10-19;1-26(28,29)25(35)31-21-14-23(34)32(24(21)16-5-3-2-4-6-16)20-11-12-22-17(13-20)15-30-33(22)19-9-7-18(27)8-10-19;1-8-5-3-4-6-9(8)12-10(7-11(19)18-12)17-13(20)14(2,15)16;14-10-1-4-12(5-2-10)17-13-6-3-11(15)7-9(13)8-16-17;1-7-4-2-3-5-8(7)11-9(12)6-10(14)13-11;1-3(4,5)2(6)7/h3-13,15,22,25H,14H2,1-2H3,(H,32,36);2-13,15,21,24H,14H2,1H3,(H,31,35);3-6,10,12H,7H2,1-2H3,(H,17,20)(H,18,19);1-8H;2-5,9,11H,6,12H2,1H3,(H,13,14);1H3,(H,6,7)/t22-,25+;21-,24+;10-,12?;;9-,11?;/m010.0./s1. The summed E-state index contributed by atoms with van der Waals surface area (Å²) in [5, 5.41) is 35.8. The minimum Gasteiger partial charge on any atom is -0.477 e. The van der Waals surface area contributed by atoms with Gasteiger partial charge in [-0.25, -0.2) is 32.0 Å². The summed E-state index contributed by atoms with van der Waals surface area (Å²) in [5.41, 5.74) is 18.1. The van der Waals surface area contributed by atoms with Crippen molar-refractivity contribution in [3.63, 3.8) is 0 Å². The Bertz CT molecular complexity index is 6280. The van der Waals surface area contributed by atoms with Crippen molar-refractivity contribution in [3.05, 3.63) is 309 Å². The van der Waals surface area contributed by atoms with E-state index in [9.17, 15) is 86.7 Å². The Balaban J connectivity index is 0.000000149. The smallest absolute Gasteiger partial charge is 0.374 e. The first-order valence-corrected chi connectivity index (χ1v) is 41.3. The van der Waals surface area contributed by atoms with Crippen LogP contribution in [0.15, 0.2) is 249 Å². The van der Waals surface area contributed by atoms with Crippen molar-refractivity contribution in [1.82, 2.24) is 55.9 Å². The van der Waals surface area contributed by atoms with Crippen LogP contribution in [0.5, 0.6) is 0 Å². The summed E-state index contributed by atoms with van der Waals surface area (Å²) in [5.74, 6) is -22.2. The Labute approximate surface area is 745 Å². The van der Waals surface area contributed by atoms with Crippen molar-refractivity contribution in [2.75, 3.05) is 9.80 Å². The van der Waals surface area contributed by atoms with E-state index >= 15 is 0 Å². The average Bonchev–Trinajstić information content (AvgIpc) is 1.60. The van der Waals surface area contributed by atoms with Gasteiger partial charge >= 0.3 is 29.7 Å². The number of anilines is 2. The molecule has 23 nitrogen and oxygen atoms in total. The van der Waals surface area contributed by atoms with Crippen molar-refractivity contribution in [3.8, 4) is 17.1 Å². The van der Waals surface area contributed by atoms with E-state index in [1.54, 1.807) is 130 Å². The van der Waals surface area contributed by atoms with Crippen LogP contribution in [-0.2, 0) is 38.4 Å². The highest BCUT2D eigenvalue weighted by Crippen LogP contribution is 2.43. The van der Waals surface area contributed by atoms with Crippen molar-refractivity contribution >= 4 is 114 Å². The molecule has 2 unspecified atom stereocenters. The largest absolute Gasteiger partial charge is 0.477 e. The minimum absolute atomic E-state index is 0.000814. The Kier molecular flexibility index (Phi) is 29.0. The van der Waals surface area contributed by atoms with Crippen LogP contribution in [-0.4, -0.2) is 130 Å². The maximum atomic E-state index is 13.7. The number of hydrogen-bond acceptors (Lipinski definition) is 12. The Hall–Kier alpha value is -13.7. The Morgan fingerprint density at radius 1 is 0.403 bits per heavy atom. The van der Waals surface area contributed by atoms with E-state index in [0.29, 0.717) is 62.4 Å². The van der Waals surface area contributed by atoms with E-state index in [-0.39, 0.29) is 72.4 Å². The molecule has 4 saturated heterocycles. The predicted octanol–water partition coefficient (Wildman–Crippen LogP) is 16.9. The number of aryl methyl sites for hydroxylation is 3. The van der Waals surface area contributed by atoms with Gasteiger partial charge in [0, 0.05) is 90.5 Å². The summed E-state index contributed by atoms with van der Waals surface area (Å²) in [6.07, 6.45) is 5.29. The number of aromatic nitrogens is 6. The highest BCUT2D eigenvalue weighted by atomic mass is 127. The number of fused-ring (bicyclic) bond motifs is 3. The number of carbonyl (C=O) groups is 8. The van der Waals surface area contributed by atoms with E-state index in [1.165, 1.54) is 50.4 Å². The van der Waals surface area contributed by atoms with Crippen LogP contribution < -0.4 is 42.1 Å². The number of rotatable bonds is 16. The van der Waals surface area contributed by atoms with Crippen LogP contribution in [0.4, 0.5) is 59.7 Å². The highest BCUT2D eigenvalue weighted by molar-refractivity contribution is 14.1. The van der Waals surface area contributed by atoms with Gasteiger partial charge in [-0.3, -0.25) is 33.6 Å². The third kappa shape index (κ3) is 22.8. The topological polar surface area (TPSA) is 303 Å². The summed E-state index contributed by atoms with van der Waals surface area (Å²) >= 11 is 2.27. The lowest BCUT2D eigenvalue weighted by atomic mass is 9.95. The molecule has 8 atom stereocenters. The fourth-order valence-corrected chi connectivity index (χ4v) is 15.7. The van der Waals surface area contributed by atoms with Crippen LogP contribution in [0, 0.1) is 41.8 Å². The van der Waals surface area contributed by atoms with E-state index in [4.69, 9.17) is 10.8 Å². The summed E-state index contributed by atoms with van der Waals surface area (Å²) < 4.78 is 149. The monoisotopic (exact) mass is 1890 g/mol. The van der Waals surface area contributed by atoms with Crippen molar-refractivity contribution < 1.29 is 91.8 Å². The SMILES string of the molecule is CC(F)(F)C(=O)N[C@@H]1CC(=O)N(c2ccc3c(cnn3-c3ccc(F)cc3)c2)[C@H]1c1ccccc1.CC(F)(F)C(=O)O.Cc1ccccc1C1NC(=O)C[C@@H]1N.Cc1ccccc1C1NC(=O)C[C@@H]1NC(=O)C(C)(F)F.Cc1ccccc1[C@@H]1[C@@H](NC(=O)C(C)(F)F)CC(=O)N1c1ccc2c(cnn2-c2ccc(F)cc2)c1.Fc1ccc(-n2ncc3cc(I)ccc32)cc1. The molecule has 0 spiro atoms. The first-order chi connectivity index (χ1) is 61.0. The molecule has 10 aromatic carbocycles. The number of carboxylic acids is 1. The van der Waals surface area contributed by atoms with Crippen LogP contribution in [0.3, 0.4) is 0 Å². The van der Waals surface area contributed by atoms with Gasteiger partial charge in [-0.2, -0.15) is 50.4 Å². The van der Waals surface area contributed by atoms with Crippen LogP contribution in [0.25, 0.3) is 49.8 Å². The second-order valence-electron chi connectivity index (χ2n) is 31.4. The normalized spacial score (nSPS) is 18.4. The molecule has 129 heavy (non-hydrogen) atoms. The fraction of sp³-hybridized carbons (Fsp3) is 0.245.